The summed E-state index contributed by atoms with van der Waals surface area (Å²) in [4.78, 5) is 4.03. The third-order valence-electron chi connectivity index (χ3n) is 3.46. The molecule has 1 saturated heterocycles. The molecule has 0 spiro atoms. The quantitative estimate of drug-likeness (QED) is 0.762. The first-order valence-electron chi connectivity index (χ1n) is 6.94. The van der Waals surface area contributed by atoms with Gasteiger partial charge in [0.15, 0.2) is 0 Å². The molecule has 3 heteroatoms. The summed E-state index contributed by atoms with van der Waals surface area (Å²) in [5.74, 6) is 1.19. The predicted molar refractivity (Wildman–Crippen MR) is 80.4 cm³/mol. The van der Waals surface area contributed by atoms with Gasteiger partial charge in [-0.1, -0.05) is 24.6 Å². The molecule has 0 aromatic heterocycles. The van der Waals surface area contributed by atoms with E-state index in [1.54, 1.807) is 0 Å². The molecule has 1 aliphatic heterocycles. The van der Waals surface area contributed by atoms with Crippen molar-refractivity contribution in [1.29, 1.82) is 0 Å². The maximum atomic E-state index is 3.37. The fourth-order valence-electron chi connectivity index (χ4n) is 2.21. The minimum atomic E-state index is 0.781. The Morgan fingerprint density at radius 1 is 1.22 bits per heavy atom. The summed E-state index contributed by atoms with van der Waals surface area (Å²) in [6.07, 6.45) is 1.26. The molecule has 1 aromatic rings. The highest BCUT2D eigenvalue weighted by atomic mass is 32.2. The van der Waals surface area contributed by atoms with E-state index in [1.807, 2.05) is 11.8 Å². The van der Waals surface area contributed by atoms with Crippen molar-refractivity contribution in [3.8, 4) is 0 Å². The average Bonchev–Trinajstić information content (AvgIpc) is 2.30. The van der Waals surface area contributed by atoms with Crippen LogP contribution in [0.4, 0.5) is 0 Å². The molecule has 0 radical (unpaired) electrons. The van der Waals surface area contributed by atoms with Gasteiger partial charge in [0.1, 0.15) is 0 Å². The zero-order valence-electron chi connectivity index (χ0n) is 11.5. The van der Waals surface area contributed by atoms with Gasteiger partial charge >= 0.3 is 0 Å². The van der Waals surface area contributed by atoms with Crippen LogP contribution in [-0.4, -0.2) is 42.9 Å². The van der Waals surface area contributed by atoms with Gasteiger partial charge in [-0.25, -0.2) is 0 Å². The highest BCUT2D eigenvalue weighted by molar-refractivity contribution is 7.99. The summed E-state index contributed by atoms with van der Waals surface area (Å²) < 4.78 is 0. The molecule has 100 valence electrons. The SMILES string of the molecule is CCCN(CCSc1ccc(C)cc1)C1CNC1. The largest absolute Gasteiger partial charge is 0.314 e. The van der Waals surface area contributed by atoms with Crippen LogP contribution in [0, 0.1) is 6.92 Å². The molecular weight excluding hydrogens is 240 g/mol. The van der Waals surface area contributed by atoms with Crippen LogP contribution in [0.25, 0.3) is 0 Å². The molecular formula is C15H24N2S. The van der Waals surface area contributed by atoms with E-state index in [0.29, 0.717) is 0 Å². The molecule has 0 amide bonds. The van der Waals surface area contributed by atoms with Gasteiger partial charge < -0.3 is 5.32 Å². The molecule has 0 atom stereocenters. The zero-order valence-corrected chi connectivity index (χ0v) is 12.3. The number of thioether (sulfide) groups is 1. The zero-order chi connectivity index (χ0) is 12.8. The molecule has 0 bridgehead atoms. The number of aryl methyl sites for hydroxylation is 1. The predicted octanol–water partition coefficient (Wildman–Crippen LogP) is 2.77. The van der Waals surface area contributed by atoms with Crippen LogP contribution >= 0.6 is 11.8 Å². The fourth-order valence-corrected chi connectivity index (χ4v) is 3.10. The molecule has 18 heavy (non-hydrogen) atoms. The van der Waals surface area contributed by atoms with Crippen LogP contribution in [-0.2, 0) is 0 Å². The summed E-state index contributed by atoms with van der Waals surface area (Å²) in [5, 5.41) is 3.37. The van der Waals surface area contributed by atoms with Crippen LogP contribution in [0.3, 0.4) is 0 Å². The highest BCUT2D eigenvalue weighted by Gasteiger charge is 2.23. The second-order valence-electron chi connectivity index (χ2n) is 5.01. The minimum absolute atomic E-state index is 0.781. The first-order valence-corrected chi connectivity index (χ1v) is 7.92. The van der Waals surface area contributed by atoms with Gasteiger partial charge in [0, 0.05) is 36.3 Å². The second-order valence-corrected chi connectivity index (χ2v) is 6.18. The van der Waals surface area contributed by atoms with Crippen molar-refractivity contribution >= 4 is 11.8 Å². The molecule has 1 fully saturated rings. The first kappa shape index (κ1) is 13.9. The Bertz CT molecular complexity index is 346. The molecule has 2 nitrogen and oxygen atoms in total. The van der Waals surface area contributed by atoms with Gasteiger partial charge in [0.25, 0.3) is 0 Å². The maximum Gasteiger partial charge on any atom is 0.0345 e. The van der Waals surface area contributed by atoms with E-state index in [0.717, 1.165) is 6.04 Å². The van der Waals surface area contributed by atoms with E-state index in [1.165, 1.54) is 48.8 Å². The van der Waals surface area contributed by atoms with Crippen LogP contribution in [0.15, 0.2) is 29.2 Å². The van der Waals surface area contributed by atoms with Crippen molar-refractivity contribution in [2.45, 2.75) is 31.2 Å². The summed E-state index contributed by atoms with van der Waals surface area (Å²) in [6.45, 7) is 9.21. The highest BCUT2D eigenvalue weighted by Crippen LogP contribution is 2.19. The topological polar surface area (TPSA) is 15.3 Å². The molecule has 1 aliphatic rings. The van der Waals surface area contributed by atoms with E-state index in [4.69, 9.17) is 0 Å². The lowest BCUT2D eigenvalue weighted by Crippen LogP contribution is -2.57. The number of benzene rings is 1. The van der Waals surface area contributed by atoms with Crippen molar-refractivity contribution in [3.05, 3.63) is 29.8 Å². The van der Waals surface area contributed by atoms with Crippen molar-refractivity contribution in [3.63, 3.8) is 0 Å². The Morgan fingerprint density at radius 2 is 1.94 bits per heavy atom. The molecule has 1 heterocycles. The fraction of sp³-hybridized carbons (Fsp3) is 0.600. The standard InChI is InChI=1S/C15H24N2S/c1-3-8-17(14-11-16-12-14)9-10-18-15-6-4-13(2)5-7-15/h4-7,14,16H,3,8-12H2,1-2H3. The third kappa shape index (κ3) is 4.01. The number of rotatable bonds is 7. The van der Waals surface area contributed by atoms with Crippen LogP contribution < -0.4 is 5.32 Å². The Balaban J connectivity index is 1.73. The van der Waals surface area contributed by atoms with Crippen molar-refractivity contribution in [1.82, 2.24) is 10.2 Å². The second kappa shape index (κ2) is 7.17. The first-order chi connectivity index (χ1) is 8.79. The molecule has 1 aromatic carbocycles. The smallest absolute Gasteiger partial charge is 0.0345 e. The number of hydrogen-bond donors (Lipinski definition) is 1. The maximum absolute atomic E-state index is 3.37. The number of nitrogens with one attached hydrogen (secondary N) is 1. The Kier molecular flexibility index (Phi) is 5.54. The lowest BCUT2D eigenvalue weighted by atomic mass is 10.1. The third-order valence-corrected chi connectivity index (χ3v) is 4.45. The molecule has 0 aliphatic carbocycles. The summed E-state index contributed by atoms with van der Waals surface area (Å²) >= 11 is 1.97. The van der Waals surface area contributed by atoms with Gasteiger partial charge in [-0.05, 0) is 32.0 Å². The number of hydrogen-bond acceptors (Lipinski definition) is 3. The molecule has 2 rings (SSSR count). The molecule has 1 N–H and O–H groups in total. The Labute approximate surface area is 115 Å². The molecule has 0 saturated carbocycles. The van der Waals surface area contributed by atoms with Crippen LogP contribution in [0.5, 0.6) is 0 Å². The Hall–Kier alpha value is -0.510. The van der Waals surface area contributed by atoms with Crippen molar-refractivity contribution in [2.24, 2.45) is 0 Å². The van der Waals surface area contributed by atoms with Gasteiger partial charge in [0.05, 0.1) is 0 Å². The minimum Gasteiger partial charge on any atom is -0.314 e. The lowest BCUT2D eigenvalue weighted by molar-refractivity contribution is 0.154. The van der Waals surface area contributed by atoms with Gasteiger partial charge in [-0.2, -0.15) is 0 Å². The lowest BCUT2D eigenvalue weighted by Gasteiger charge is -2.38. The van der Waals surface area contributed by atoms with Crippen molar-refractivity contribution < 1.29 is 0 Å². The van der Waals surface area contributed by atoms with Crippen LogP contribution in [0.1, 0.15) is 18.9 Å². The van der Waals surface area contributed by atoms with Gasteiger partial charge in [-0.15, -0.1) is 11.8 Å². The van der Waals surface area contributed by atoms with E-state index in [2.05, 4.69) is 48.3 Å². The van der Waals surface area contributed by atoms with E-state index in [-0.39, 0.29) is 0 Å². The normalized spacial score (nSPS) is 15.9. The summed E-state index contributed by atoms with van der Waals surface area (Å²) in [7, 11) is 0. The van der Waals surface area contributed by atoms with E-state index < -0.39 is 0 Å². The summed E-state index contributed by atoms with van der Waals surface area (Å²) in [6, 6.07) is 9.64. The Morgan fingerprint density at radius 3 is 2.50 bits per heavy atom. The number of nitrogens with zero attached hydrogens (tertiary/aromatic N) is 1. The van der Waals surface area contributed by atoms with E-state index in [9.17, 15) is 0 Å². The summed E-state index contributed by atoms with van der Waals surface area (Å²) in [5.41, 5.74) is 1.34. The van der Waals surface area contributed by atoms with Gasteiger partial charge in [0.2, 0.25) is 0 Å². The van der Waals surface area contributed by atoms with Crippen LogP contribution in [0.2, 0.25) is 0 Å². The molecule has 0 unspecified atom stereocenters. The van der Waals surface area contributed by atoms with E-state index >= 15 is 0 Å². The average molecular weight is 264 g/mol. The monoisotopic (exact) mass is 264 g/mol. The van der Waals surface area contributed by atoms with Crippen molar-refractivity contribution in [2.75, 3.05) is 31.9 Å². The van der Waals surface area contributed by atoms with Gasteiger partial charge in [-0.3, -0.25) is 4.90 Å².